The Morgan fingerprint density at radius 1 is 1.60 bits per heavy atom. The molecule has 0 aliphatic heterocycles. The lowest BCUT2D eigenvalue weighted by atomic mass is 10.4. The fourth-order valence-electron chi connectivity index (χ4n) is 1.21. The minimum Gasteiger partial charge on any atom is -0.393 e. The van der Waals surface area contributed by atoms with Gasteiger partial charge in [-0.2, -0.15) is 0 Å². The van der Waals surface area contributed by atoms with Gasteiger partial charge in [0.2, 0.25) is 0 Å². The SMILES string of the molecule is Cc1cc2c(SCC(N)=S)ncnc2s1. The number of nitrogens with zero attached hydrogens (tertiary/aromatic N) is 2. The molecule has 2 aromatic rings. The molecule has 0 spiro atoms. The Labute approximate surface area is 101 Å². The van der Waals surface area contributed by atoms with E-state index < -0.39 is 0 Å². The van der Waals surface area contributed by atoms with Crippen LogP contribution in [0, 0.1) is 6.92 Å². The van der Waals surface area contributed by atoms with Crippen LogP contribution in [0.3, 0.4) is 0 Å². The third-order valence-electron chi connectivity index (χ3n) is 1.77. The van der Waals surface area contributed by atoms with Crippen LogP contribution in [0.5, 0.6) is 0 Å². The van der Waals surface area contributed by atoms with Crippen molar-refractivity contribution in [2.75, 3.05) is 5.75 Å². The van der Waals surface area contributed by atoms with Crippen LogP contribution < -0.4 is 5.73 Å². The van der Waals surface area contributed by atoms with Crippen LogP contribution in [-0.2, 0) is 0 Å². The van der Waals surface area contributed by atoms with Gasteiger partial charge in [-0.3, -0.25) is 0 Å². The molecule has 2 aromatic heterocycles. The zero-order valence-corrected chi connectivity index (χ0v) is 10.5. The van der Waals surface area contributed by atoms with Gasteiger partial charge in [-0.1, -0.05) is 24.0 Å². The van der Waals surface area contributed by atoms with Crippen molar-refractivity contribution in [2.45, 2.75) is 11.9 Å². The summed E-state index contributed by atoms with van der Waals surface area (Å²) >= 11 is 8.07. The molecular weight excluding hydrogens is 246 g/mol. The smallest absolute Gasteiger partial charge is 0.128 e. The lowest BCUT2D eigenvalue weighted by Crippen LogP contribution is -2.10. The molecule has 0 atom stereocenters. The van der Waals surface area contributed by atoms with Crippen LogP contribution in [0.2, 0.25) is 0 Å². The summed E-state index contributed by atoms with van der Waals surface area (Å²) in [6.07, 6.45) is 1.58. The highest BCUT2D eigenvalue weighted by Gasteiger charge is 2.07. The molecule has 15 heavy (non-hydrogen) atoms. The van der Waals surface area contributed by atoms with Crippen LogP contribution in [0.1, 0.15) is 4.88 Å². The molecule has 3 nitrogen and oxygen atoms in total. The zero-order valence-electron chi connectivity index (χ0n) is 8.06. The molecule has 0 saturated heterocycles. The molecule has 2 N–H and O–H groups in total. The molecule has 0 bridgehead atoms. The van der Waals surface area contributed by atoms with Crippen molar-refractivity contribution in [2.24, 2.45) is 5.73 Å². The number of fused-ring (bicyclic) bond motifs is 1. The summed E-state index contributed by atoms with van der Waals surface area (Å²) in [5, 5.41) is 2.05. The van der Waals surface area contributed by atoms with Crippen LogP contribution >= 0.6 is 35.3 Å². The van der Waals surface area contributed by atoms with Gasteiger partial charge in [0.1, 0.15) is 16.2 Å². The van der Waals surface area contributed by atoms with Crippen molar-refractivity contribution in [3.8, 4) is 0 Å². The summed E-state index contributed by atoms with van der Waals surface area (Å²) in [6, 6.07) is 2.10. The van der Waals surface area contributed by atoms with Gasteiger partial charge in [0.25, 0.3) is 0 Å². The van der Waals surface area contributed by atoms with Crippen molar-refractivity contribution in [1.82, 2.24) is 9.97 Å². The third kappa shape index (κ3) is 2.45. The number of thiocarbonyl (C=S) groups is 1. The average molecular weight is 255 g/mol. The van der Waals surface area contributed by atoms with Gasteiger partial charge in [0.15, 0.2) is 0 Å². The number of aromatic nitrogens is 2. The molecule has 6 heteroatoms. The van der Waals surface area contributed by atoms with E-state index in [4.69, 9.17) is 18.0 Å². The third-order valence-corrected chi connectivity index (χ3v) is 4.11. The molecule has 0 amide bonds. The van der Waals surface area contributed by atoms with Crippen molar-refractivity contribution in [3.05, 3.63) is 17.3 Å². The Bertz CT molecular complexity index is 506. The molecule has 0 saturated carbocycles. The number of nitrogens with two attached hydrogens (primary N) is 1. The molecule has 78 valence electrons. The van der Waals surface area contributed by atoms with E-state index >= 15 is 0 Å². The highest BCUT2D eigenvalue weighted by Crippen LogP contribution is 2.29. The molecular formula is C9H9N3S3. The van der Waals surface area contributed by atoms with Crippen LogP contribution in [0.4, 0.5) is 0 Å². The second-order valence-electron chi connectivity index (χ2n) is 3.01. The van der Waals surface area contributed by atoms with Crippen LogP contribution in [0.25, 0.3) is 10.2 Å². The maximum atomic E-state index is 5.46. The molecule has 0 unspecified atom stereocenters. The first-order valence-electron chi connectivity index (χ1n) is 4.29. The second kappa shape index (κ2) is 4.42. The second-order valence-corrected chi connectivity index (χ2v) is 5.73. The molecule has 0 aliphatic carbocycles. The Balaban J connectivity index is 2.37. The molecule has 0 fully saturated rings. The van der Waals surface area contributed by atoms with Crippen LogP contribution in [-0.4, -0.2) is 20.7 Å². The van der Waals surface area contributed by atoms with Crippen LogP contribution in [0.15, 0.2) is 17.4 Å². The normalized spacial score (nSPS) is 10.7. The Kier molecular flexibility index (Phi) is 3.18. The van der Waals surface area contributed by atoms with E-state index in [9.17, 15) is 0 Å². The fourth-order valence-corrected chi connectivity index (χ4v) is 3.01. The predicted molar refractivity (Wildman–Crippen MR) is 69.7 cm³/mol. The highest BCUT2D eigenvalue weighted by molar-refractivity contribution is 8.01. The van der Waals surface area contributed by atoms with Gasteiger partial charge < -0.3 is 5.73 Å². The van der Waals surface area contributed by atoms with Gasteiger partial charge in [-0.25, -0.2) is 9.97 Å². The first-order valence-corrected chi connectivity index (χ1v) is 6.50. The maximum Gasteiger partial charge on any atom is 0.128 e. The summed E-state index contributed by atoms with van der Waals surface area (Å²) in [7, 11) is 0. The molecule has 2 rings (SSSR count). The number of rotatable bonds is 3. The Morgan fingerprint density at radius 3 is 3.13 bits per heavy atom. The summed E-state index contributed by atoms with van der Waals surface area (Å²) in [5.74, 6) is 0.621. The molecule has 0 radical (unpaired) electrons. The number of thiophene rings is 1. The number of hydrogen-bond donors (Lipinski definition) is 1. The van der Waals surface area contributed by atoms with E-state index in [0.717, 1.165) is 15.2 Å². The van der Waals surface area contributed by atoms with E-state index in [-0.39, 0.29) is 0 Å². The quantitative estimate of drug-likeness (QED) is 0.518. The van der Waals surface area contributed by atoms with E-state index in [0.29, 0.717) is 10.7 Å². The van der Waals surface area contributed by atoms with E-state index in [1.54, 1.807) is 29.4 Å². The molecule has 2 heterocycles. The topological polar surface area (TPSA) is 51.8 Å². The average Bonchev–Trinajstić information content (AvgIpc) is 2.55. The molecule has 0 aliphatic rings. The van der Waals surface area contributed by atoms with Gasteiger partial charge in [0.05, 0.1) is 4.99 Å². The summed E-state index contributed by atoms with van der Waals surface area (Å²) in [5.41, 5.74) is 5.46. The standard InChI is InChI=1S/C9H9N3S3/c1-5-2-6-8(14-3-7(10)13)11-4-12-9(6)15-5/h2,4H,3H2,1H3,(H2,10,13). The maximum absolute atomic E-state index is 5.46. The number of hydrogen-bond acceptors (Lipinski definition) is 5. The zero-order chi connectivity index (χ0) is 10.8. The lowest BCUT2D eigenvalue weighted by Gasteiger charge is -1.99. The summed E-state index contributed by atoms with van der Waals surface area (Å²) < 4.78 is 0. The minimum atomic E-state index is 0.499. The van der Waals surface area contributed by atoms with Gasteiger partial charge in [0, 0.05) is 16.0 Å². The monoisotopic (exact) mass is 255 g/mol. The van der Waals surface area contributed by atoms with Crippen molar-refractivity contribution in [1.29, 1.82) is 0 Å². The number of aryl methyl sites for hydroxylation is 1. The Morgan fingerprint density at radius 2 is 2.40 bits per heavy atom. The lowest BCUT2D eigenvalue weighted by molar-refractivity contribution is 1.11. The predicted octanol–water partition coefficient (Wildman–Crippen LogP) is 2.38. The van der Waals surface area contributed by atoms with Crippen molar-refractivity contribution >= 4 is 50.5 Å². The first kappa shape index (κ1) is 10.8. The first-order chi connectivity index (χ1) is 7.16. The van der Waals surface area contributed by atoms with E-state index in [2.05, 4.69) is 23.0 Å². The van der Waals surface area contributed by atoms with Gasteiger partial charge in [-0.15, -0.1) is 11.3 Å². The van der Waals surface area contributed by atoms with Crippen molar-refractivity contribution in [3.63, 3.8) is 0 Å². The van der Waals surface area contributed by atoms with Crippen molar-refractivity contribution < 1.29 is 0 Å². The molecule has 0 aromatic carbocycles. The minimum absolute atomic E-state index is 0.499. The highest BCUT2D eigenvalue weighted by atomic mass is 32.2. The van der Waals surface area contributed by atoms with Gasteiger partial charge in [-0.05, 0) is 13.0 Å². The fraction of sp³-hybridized carbons (Fsp3) is 0.222. The summed E-state index contributed by atoms with van der Waals surface area (Å²) in [6.45, 7) is 2.06. The largest absolute Gasteiger partial charge is 0.393 e. The van der Waals surface area contributed by atoms with E-state index in [1.807, 2.05) is 0 Å². The number of thioether (sulfide) groups is 1. The van der Waals surface area contributed by atoms with E-state index in [1.165, 1.54) is 4.88 Å². The Hall–Kier alpha value is -0.720. The van der Waals surface area contributed by atoms with Gasteiger partial charge >= 0.3 is 0 Å². The summed E-state index contributed by atoms with van der Waals surface area (Å²) in [4.78, 5) is 11.2.